The zero-order valence-corrected chi connectivity index (χ0v) is 20.0. The molecule has 0 spiro atoms. The second-order valence-electron chi connectivity index (χ2n) is 9.80. The first-order chi connectivity index (χ1) is 17.6. The lowest BCUT2D eigenvalue weighted by Gasteiger charge is -2.28. The Kier molecular flexibility index (Phi) is 6.03. The van der Waals surface area contributed by atoms with Gasteiger partial charge < -0.3 is 20.5 Å². The van der Waals surface area contributed by atoms with Crippen molar-refractivity contribution in [3.63, 3.8) is 0 Å². The maximum atomic E-state index is 10.2. The van der Waals surface area contributed by atoms with E-state index in [2.05, 4.69) is 36.8 Å². The number of benzene rings is 1. The normalized spacial score (nSPS) is 23.0. The van der Waals surface area contributed by atoms with Crippen LogP contribution in [0.25, 0.3) is 11.3 Å². The summed E-state index contributed by atoms with van der Waals surface area (Å²) < 4.78 is 6.31. The monoisotopic (exact) mass is 483 g/mol. The smallest absolute Gasteiger partial charge is 0.206 e. The number of hydrogen-bond donors (Lipinski definition) is 2. The number of phenolic OH excluding ortho intramolecular Hbond substituents is 1. The highest BCUT2D eigenvalue weighted by molar-refractivity contribution is 5.68. The first kappa shape index (κ1) is 22.6. The van der Waals surface area contributed by atoms with E-state index in [-0.39, 0.29) is 17.7 Å². The molecule has 3 aliphatic rings. The summed E-state index contributed by atoms with van der Waals surface area (Å²) in [6, 6.07) is 10.8. The van der Waals surface area contributed by atoms with Crippen molar-refractivity contribution in [1.29, 1.82) is 0 Å². The van der Waals surface area contributed by atoms with Crippen molar-refractivity contribution in [3.8, 4) is 34.6 Å². The van der Waals surface area contributed by atoms with Gasteiger partial charge in [-0.2, -0.15) is 0 Å². The van der Waals surface area contributed by atoms with Gasteiger partial charge in [-0.1, -0.05) is 18.1 Å². The number of aromatic nitrogens is 4. The molecule has 3 N–H and O–H groups in total. The number of rotatable bonds is 5. The number of fused-ring (bicyclic) bond motifs is 1. The highest BCUT2D eigenvalue weighted by Gasteiger charge is 2.42. The highest BCUT2D eigenvalue weighted by Crippen LogP contribution is 2.42. The van der Waals surface area contributed by atoms with Gasteiger partial charge in [0.15, 0.2) is 11.6 Å². The quantitative estimate of drug-likeness (QED) is 0.529. The van der Waals surface area contributed by atoms with Gasteiger partial charge in [0, 0.05) is 44.0 Å². The molecule has 36 heavy (non-hydrogen) atoms. The largest absolute Gasteiger partial charge is 0.507 e. The number of nitrogens with zero attached hydrogens (tertiary/aromatic N) is 6. The fraction of sp³-hybridized carbons (Fsp3) is 0.407. The second kappa shape index (κ2) is 9.63. The number of ether oxygens (including phenoxy) is 1. The number of anilines is 2. The Morgan fingerprint density at radius 2 is 1.89 bits per heavy atom. The van der Waals surface area contributed by atoms with Gasteiger partial charge in [0.2, 0.25) is 5.82 Å². The van der Waals surface area contributed by atoms with E-state index in [0.717, 1.165) is 51.4 Å². The lowest BCUT2D eigenvalue weighted by molar-refractivity contribution is 0.201. The van der Waals surface area contributed by atoms with Gasteiger partial charge in [-0.25, -0.2) is 9.97 Å². The van der Waals surface area contributed by atoms with Gasteiger partial charge >= 0.3 is 0 Å². The predicted octanol–water partition coefficient (Wildman–Crippen LogP) is 2.57. The molecular formula is C27H29N7O2. The molecule has 2 aliphatic heterocycles. The predicted molar refractivity (Wildman–Crippen MR) is 136 cm³/mol. The molecule has 6 rings (SSSR count). The SMILES string of the molecule is Nc1nnc(-c2ccccc2O)cc1OC1C[C@@H]2CN(c3ccnc(C#CCN4CCC4)n3)C[C@@H]2C1. The average Bonchev–Trinajstić information content (AvgIpc) is 3.42. The molecular weight excluding hydrogens is 454 g/mol. The van der Waals surface area contributed by atoms with Gasteiger partial charge in [0.05, 0.1) is 12.6 Å². The van der Waals surface area contributed by atoms with Crippen molar-refractivity contribution < 1.29 is 9.84 Å². The average molecular weight is 484 g/mol. The van der Waals surface area contributed by atoms with Crippen LogP contribution in [0.4, 0.5) is 11.6 Å². The molecule has 3 fully saturated rings. The highest BCUT2D eigenvalue weighted by atomic mass is 16.5. The topological polar surface area (TPSA) is 114 Å². The van der Waals surface area contributed by atoms with Crippen LogP contribution >= 0.6 is 0 Å². The molecule has 0 amide bonds. The van der Waals surface area contributed by atoms with E-state index in [1.54, 1.807) is 30.5 Å². The molecule has 1 saturated carbocycles. The molecule has 9 heteroatoms. The van der Waals surface area contributed by atoms with Gasteiger partial charge in [0.25, 0.3) is 0 Å². The molecule has 1 unspecified atom stereocenters. The number of nitrogen functional groups attached to an aromatic ring is 1. The fourth-order valence-corrected chi connectivity index (χ4v) is 5.36. The molecule has 9 nitrogen and oxygen atoms in total. The van der Waals surface area contributed by atoms with Gasteiger partial charge in [-0.3, -0.25) is 4.90 Å². The number of hydrogen-bond acceptors (Lipinski definition) is 9. The van der Waals surface area contributed by atoms with Crippen molar-refractivity contribution in [1.82, 2.24) is 25.1 Å². The van der Waals surface area contributed by atoms with Crippen LogP contribution in [0.2, 0.25) is 0 Å². The van der Waals surface area contributed by atoms with Crippen molar-refractivity contribution in [2.75, 3.05) is 43.4 Å². The lowest BCUT2D eigenvalue weighted by atomic mass is 10.0. The van der Waals surface area contributed by atoms with E-state index >= 15 is 0 Å². The van der Waals surface area contributed by atoms with Crippen LogP contribution in [0.5, 0.6) is 11.5 Å². The molecule has 2 saturated heterocycles. The zero-order chi connectivity index (χ0) is 24.5. The number of nitrogens with two attached hydrogens (primary N) is 1. The zero-order valence-electron chi connectivity index (χ0n) is 20.0. The summed E-state index contributed by atoms with van der Waals surface area (Å²) >= 11 is 0. The third-order valence-corrected chi connectivity index (χ3v) is 7.38. The molecule has 1 aliphatic carbocycles. The summed E-state index contributed by atoms with van der Waals surface area (Å²) in [5.41, 5.74) is 7.21. The number of phenols is 1. The van der Waals surface area contributed by atoms with Crippen LogP contribution in [-0.4, -0.2) is 69.0 Å². The van der Waals surface area contributed by atoms with Gasteiger partial charge in [-0.05, 0) is 55.2 Å². The third-order valence-electron chi connectivity index (χ3n) is 7.38. The maximum Gasteiger partial charge on any atom is 0.206 e. The molecule has 1 aromatic carbocycles. The Labute approximate surface area is 210 Å². The molecule has 4 heterocycles. The Balaban J connectivity index is 1.08. The Morgan fingerprint density at radius 3 is 2.64 bits per heavy atom. The third kappa shape index (κ3) is 4.64. The first-order valence-corrected chi connectivity index (χ1v) is 12.5. The van der Waals surface area contributed by atoms with E-state index in [4.69, 9.17) is 15.5 Å². The van der Waals surface area contributed by atoms with Crippen LogP contribution in [0.1, 0.15) is 25.1 Å². The summed E-state index contributed by atoms with van der Waals surface area (Å²) in [6.45, 7) is 4.94. The number of aromatic hydroxyl groups is 1. The second-order valence-corrected chi connectivity index (χ2v) is 9.80. The summed E-state index contributed by atoms with van der Waals surface area (Å²) in [6.07, 6.45) is 5.03. The van der Waals surface area contributed by atoms with Crippen LogP contribution in [0, 0.1) is 23.7 Å². The number of para-hydroxylation sites is 1. The first-order valence-electron chi connectivity index (χ1n) is 12.5. The van der Waals surface area contributed by atoms with Crippen molar-refractivity contribution in [2.45, 2.75) is 25.4 Å². The van der Waals surface area contributed by atoms with Crippen LogP contribution in [-0.2, 0) is 0 Å². The minimum Gasteiger partial charge on any atom is -0.507 e. The van der Waals surface area contributed by atoms with Crippen molar-refractivity contribution >= 4 is 11.6 Å². The Morgan fingerprint density at radius 1 is 1.08 bits per heavy atom. The molecule has 3 aromatic rings. The summed E-state index contributed by atoms with van der Waals surface area (Å²) in [7, 11) is 0. The van der Waals surface area contributed by atoms with Crippen LogP contribution in [0.15, 0.2) is 42.6 Å². The summed E-state index contributed by atoms with van der Waals surface area (Å²) in [5, 5.41) is 18.4. The maximum absolute atomic E-state index is 10.2. The lowest BCUT2D eigenvalue weighted by Crippen LogP contribution is -2.37. The standard InChI is InChI=1S/C27H29N7O2/c28-27-24(15-22(31-32-27)21-5-1-2-6-23(21)35)36-20-13-18-16-34(17-19(18)14-20)26-8-9-29-25(30-26)7-3-10-33-11-4-12-33/h1-2,5-6,8-9,15,18-20,35H,4,10-14,16-17H2,(H2,28,32)/t18-,19+,20?. The van der Waals surface area contributed by atoms with Crippen LogP contribution in [0.3, 0.4) is 0 Å². The molecule has 2 aromatic heterocycles. The fourth-order valence-electron chi connectivity index (χ4n) is 5.36. The minimum atomic E-state index is 0.0687. The Bertz CT molecular complexity index is 1300. The minimum absolute atomic E-state index is 0.0687. The van der Waals surface area contributed by atoms with E-state index in [0.29, 0.717) is 34.7 Å². The number of likely N-dealkylation sites (tertiary alicyclic amines) is 1. The van der Waals surface area contributed by atoms with Crippen molar-refractivity contribution in [2.24, 2.45) is 11.8 Å². The van der Waals surface area contributed by atoms with E-state index in [1.807, 2.05) is 12.1 Å². The molecule has 184 valence electrons. The van der Waals surface area contributed by atoms with E-state index < -0.39 is 0 Å². The molecule has 3 atom stereocenters. The van der Waals surface area contributed by atoms with Crippen LogP contribution < -0.4 is 15.4 Å². The van der Waals surface area contributed by atoms with Gasteiger partial charge in [-0.15, -0.1) is 10.2 Å². The summed E-state index contributed by atoms with van der Waals surface area (Å²) in [4.78, 5) is 13.7. The van der Waals surface area contributed by atoms with Gasteiger partial charge in [0.1, 0.15) is 17.3 Å². The van der Waals surface area contributed by atoms with E-state index in [9.17, 15) is 5.11 Å². The molecule has 0 bridgehead atoms. The summed E-state index contributed by atoms with van der Waals surface area (Å²) in [5.74, 6) is 9.83. The van der Waals surface area contributed by atoms with E-state index in [1.165, 1.54) is 6.42 Å². The molecule has 0 radical (unpaired) electrons. The Hall–Kier alpha value is -3.90. The van der Waals surface area contributed by atoms with Crippen molar-refractivity contribution in [3.05, 3.63) is 48.4 Å².